The van der Waals surface area contributed by atoms with Crippen molar-refractivity contribution >= 4 is 17.6 Å². The lowest BCUT2D eigenvalue weighted by molar-refractivity contribution is 0.118. The van der Waals surface area contributed by atoms with E-state index in [0.29, 0.717) is 0 Å². The van der Waals surface area contributed by atoms with E-state index in [9.17, 15) is 0 Å². The summed E-state index contributed by atoms with van der Waals surface area (Å²) in [6, 6.07) is 0. The summed E-state index contributed by atoms with van der Waals surface area (Å²) in [5.41, 5.74) is 0. The van der Waals surface area contributed by atoms with Gasteiger partial charge in [-0.3, -0.25) is 0 Å². The first-order chi connectivity index (χ1) is 6.13. The topological polar surface area (TPSA) is 18.5 Å². The van der Waals surface area contributed by atoms with E-state index in [1.165, 1.54) is 0 Å². The second kappa shape index (κ2) is 57.2. The largest absolute Gasteiger partial charge is 0.385 e. The summed E-state index contributed by atoms with van der Waals surface area (Å²) in [5, 5.41) is 0. The average Bonchev–Trinajstić information content (AvgIpc) is 2.01. The zero-order chi connectivity index (χ0) is 10.1. The van der Waals surface area contributed by atoms with Crippen molar-refractivity contribution < 1.29 is 9.47 Å². The van der Waals surface area contributed by atoms with Crippen LogP contribution in [-0.2, 0) is 9.47 Å². The molecule has 0 aliphatic carbocycles. The molecule has 4 heteroatoms. The van der Waals surface area contributed by atoms with Crippen LogP contribution in [0.4, 0.5) is 0 Å². The summed E-state index contributed by atoms with van der Waals surface area (Å²) in [5.74, 6) is 0. The standard InChI is InChI=1S/C9H24O2Si2.10CH4/c1-12(2)8-10-6-5-7-11-9-13(3)4;;;;;;;;;;/h12-13H,5-9H2,1-4H3;10*1H4. The van der Waals surface area contributed by atoms with Gasteiger partial charge in [-0.15, -0.1) is 0 Å². The van der Waals surface area contributed by atoms with Crippen LogP contribution in [0, 0.1) is 0 Å². The Labute approximate surface area is 160 Å². The van der Waals surface area contributed by atoms with Crippen molar-refractivity contribution in [3.8, 4) is 0 Å². The smallest absolute Gasteiger partial charge is 0.0616 e. The highest BCUT2D eigenvalue weighted by molar-refractivity contribution is 6.55. The zero-order valence-corrected chi connectivity index (χ0v) is 11.8. The molecular formula is C19H64O2Si2. The summed E-state index contributed by atoms with van der Waals surface area (Å²) in [6.45, 7) is 11.0. The van der Waals surface area contributed by atoms with E-state index in [4.69, 9.17) is 9.47 Å². The molecule has 0 spiro atoms. The number of hydrogen-bond acceptors (Lipinski definition) is 2. The Morgan fingerprint density at radius 3 is 0.870 bits per heavy atom. The molecule has 0 aromatic carbocycles. The quantitative estimate of drug-likeness (QED) is 0.315. The molecule has 0 radical (unpaired) electrons. The molecule has 0 amide bonds. The van der Waals surface area contributed by atoms with Crippen LogP contribution in [0.5, 0.6) is 0 Å². The van der Waals surface area contributed by atoms with Gasteiger partial charge in [0.15, 0.2) is 0 Å². The molecule has 0 atom stereocenters. The molecule has 0 N–H and O–H groups in total. The van der Waals surface area contributed by atoms with E-state index in [-0.39, 0.29) is 74.3 Å². The van der Waals surface area contributed by atoms with E-state index in [0.717, 1.165) is 32.1 Å². The molecule has 0 aliphatic heterocycles. The third-order valence-electron chi connectivity index (χ3n) is 1.48. The minimum atomic E-state index is -0.502. The normalized spacial score (nSPS) is 6.52. The minimum absolute atomic E-state index is 0. The Morgan fingerprint density at radius 2 is 0.696 bits per heavy atom. The number of rotatable bonds is 8. The Kier molecular flexibility index (Phi) is 190. The third-order valence-corrected chi connectivity index (χ3v) is 3.28. The van der Waals surface area contributed by atoms with Gasteiger partial charge in [0, 0.05) is 25.7 Å². The maximum absolute atomic E-state index is 5.50. The molecule has 23 heavy (non-hydrogen) atoms. The van der Waals surface area contributed by atoms with Gasteiger partial charge < -0.3 is 9.47 Å². The summed E-state index contributed by atoms with van der Waals surface area (Å²) in [4.78, 5) is 0. The molecule has 0 bridgehead atoms. The van der Waals surface area contributed by atoms with Crippen LogP contribution in [0.3, 0.4) is 0 Å². The molecule has 160 valence electrons. The first kappa shape index (κ1) is 76.5. The third kappa shape index (κ3) is 86.4. The Balaban J connectivity index is -0.0000000160. The van der Waals surface area contributed by atoms with Crippen molar-refractivity contribution in [1.82, 2.24) is 0 Å². The molecule has 0 saturated carbocycles. The summed E-state index contributed by atoms with van der Waals surface area (Å²) in [6.07, 6.45) is 3.08. The maximum atomic E-state index is 5.50. The average molecular weight is 381 g/mol. The lowest BCUT2D eigenvalue weighted by Gasteiger charge is -2.07. The van der Waals surface area contributed by atoms with Crippen molar-refractivity contribution in [2.75, 3.05) is 25.7 Å². The van der Waals surface area contributed by atoms with Gasteiger partial charge in [0.2, 0.25) is 0 Å². The van der Waals surface area contributed by atoms with Gasteiger partial charge in [0.05, 0.1) is 17.6 Å². The maximum Gasteiger partial charge on any atom is 0.0616 e. The molecule has 0 saturated heterocycles. The van der Waals surface area contributed by atoms with Gasteiger partial charge in [0.25, 0.3) is 0 Å². The highest BCUT2D eigenvalue weighted by atomic mass is 28.3. The van der Waals surface area contributed by atoms with Crippen LogP contribution in [0.15, 0.2) is 0 Å². The van der Waals surface area contributed by atoms with Gasteiger partial charge in [-0.2, -0.15) is 0 Å². The lowest BCUT2D eigenvalue weighted by atomic mass is 10.5. The van der Waals surface area contributed by atoms with Gasteiger partial charge in [-0.1, -0.05) is 100 Å². The molecule has 0 aliphatic rings. The Morgan fingerprint density at radius 1 is 0.478 bits per heavy atom. The molecule has 0 aromatic heterocycles. The molecule has 2 nitrogen and oxygen atoms in total. The van der Waals surface area contributed by atoms with Crippen molar-refractivity contribution in [2.45, 2.75) is 107 Å². The Hall–Kier alpha value is 0.354. The van der Waals surface area contributed by atoms with Crippen molar-refractivity contribution in [3.05, 3.63) is 0 Å². The van der Waals surface area contributed by atoms with Crippen molar-refractivity contribution in [2.24, 2.45) is 0 Å². The van der Waals surface area contributed by atoms with Crippen LogP contribution in [0.1, 0.15) is 80.7 Å². The molecule has 0 heterocycles. The second-order valence-electron chi connectivity index (χ2n) is 4.29. The molecule has 0 aromatic rings. The SMILES string of the molecule is C.C.C.C.C.C.C.C.C.C.C[SiH](C)COCCCOC[SiH](C)C. The van der Waals surface area contributed by atoms with E-state index >= 15 is 0 Å². The predicted octanol–water partition coefficient (Wildman–Crippen LogP) is 7.82. The first-order valence-electron chi connectivity index (χ1n) is 5.28. The number of ether oxygens (including phenoxy) is 2. The summed E-state index contributed by atoms with van der Waals surface area (Å²) >= 11 is 0. The van der Waals surface area contributed by atoms with Crippen LogP contribution in [0.2, 0.25) is 26.2 Å². The van der Waals surface area contributed by atoms with Crippen molar-refractivity contribution in [1.29, 1.82) is 0 Å². The van der Waals surface area contributed by atoms with E-state index in [1.54, 1.807) is 0 Å². The minimum Gasteiger partial charge on any atom is -0.385 e. The summed E-state index contributed by atoms with van der Waals surface area (Å²) < 4.78 is 11.0. The molecule has 0 unspecified atom stereocenters. The van der Waals surface area contributed by atoms with Gasteiger partial charge in [-0.05, 0) is 6.42 Å². The summed E-state index contributed by atoms with van der Waals surface area (Å²) in [7, 11) is -1.00. The molecular weight excluding hydrogens is 316 g/mol. The lowest BCUT2D eigenvalue weighted by Crippen LogP contribution is -2.15. The fourth-order valence-electron chi connectivity index (χ4n) is 0.901. The fraction of sp³-hybridized carbons (Fsp3) is 1.00. The van der Waals surface area contributed by atoms with Crippen LogP contribution >= 0.6 is 0 Å². The highest BCUT2D eigenvalue weighted by Crippen LogP contribution is 1.89. The number of hydrogen-bond donors (Lipinski definition) is 0. The fourth-order valence-corrected chi connectivity index (χ4v) is 2.18. The van der Waals surface area contributed by atoms with Gasteiger partial charge in [-0.25, -0.2) is 0 Å². The van der Waals surface area contributed by atoms with Gasteiger partial charge >= 0.3 is 0 Å². The molecule has 0 rings (SSSR count). The zero-order valence-electron chi connectivity index (χ0n) is 9.51. The Bertz CT molecular complexity index is 99.5. The van der Waals surface area contributed by atoms with E-state index in [1.807, 2.05) is 0 Å². The van der Waals surface area contributed by atoms with E-state index in [2.05, 4.69) is 26.2 Å². The van der Waals surface area contributed by atoms with Gasteiger partial charge in [0.1, 0.15) is 0 Å². The van der Waals surface area contributed by atoms with Crippen molar-refractivity contribution in [3.63, 3.8) is 0 Å². The van der Waals surface area contributed by atoms with Crippen LogP contribution < -0.4 is 0 Å². The first-order valence-corrected chi connectivity index (χ1v) is 11.5. The monoisotopic (exact) mass is 380 g/mol. The highest BCUT2D eigenvalue weighted by Gasteiger charge is 1.97. The van der Waals surface area contributed by atoms with E-state index < -0.39 is 17.6 Å². The predicted molar refractivity (Wildman–Crippen MR) is 131 cm³/mol. The molecule has 0 fully saturated rings. The second-order valence-corrected chi connectivity index (χ2v) is 10.5. The van der Waals surface area contributed by atoms with Crippen LogP contribution in [0.25, 0.3) is 0 Å². The van der Waals surface area contributed by atoms with Crippen LogP contribution in [-0.4, -0.2) is 43.3 Å².